The summed E-state index contributed by atoms with van der Waals surface area (Å²) >= 11 is 6.09. The van der Waals surface area contributed by atoms with Crippen LogP contribution in [0.25, 0.3) is 0 Å². The molecule has 1 aromatic carbocycles. The zero-order valence-corrected chi connectivity index (χ0v) is 13.7. The Morgan fingerprint density at radius 3 is 2.81 bits per heavy atom. The Labute approximate surface area is 132 Å². The highest BCUT2D eigenvalue weighted by atomic mass is 35.5. The maximum absolute atomic E-state index is 12.4. The van der Waals surface area contributed by atoms with E-state index < -0.39 is 0 Å². The highest BCUT2D eigenvalue weighted by Crippen LogP contribution is 2.22. The molecule has 1 amide bonds. The quantitative estimate of drug-likeness (QED) is 0.929. The monoisotopic (exact) mass is 309 g/mol. The minimum absolute atomic E-state index is 0.00232. The molecule has 2 rings (SSSR count). The number of carbonyl (C=O) groups excluding carboxylic acids is 1. The molecule has 21 heavy (non-hydrogen) atoms. The fourth-order valence-corrected chi connectivity index (χ4v) is 2.91. The van der Waals surface area contributed by atoms with E-state index in [1.54, 1.807) is 6.07 Å². The van der Waals surface area contributed by atoms with Crippen molar-refractivity contribution in [3.8, 4) is 0 Å². The van der Waals surface area contributed by atoms with Gasteiger partial charge in [-0.3, -0.25) is 9.69 Å². The molecule has 0 spiro atoms. The van der Waals surface area contributed by atoms with E-state index in [0.717, 1.165) is 19.5 Å². The highest BCUT2D eigenvalue weighted by Gasteiger charge is 2.28. The second kappa shape index (κ2) is 7.25. The van der Waals surface area contributed by atoms with E-state index in [4.69, 9.17) is 11.6 Å². The number of nitrogens with zero attached hydrogens (tertiary/aromatic N) is 2. The maximum atomic E-state index is 12.4. The van der Waals surface area contributed by atoms with Crippen LogP contribution in [0.15, 0.2) is 24.3 Å². The standard InChI is InChI=1S/C16H24ClN3O/c1-12(20-10-6-7-13(11-20)19(2)3)16(21)18-15-9-5-4-8-14(15)17/h4-5,8-9,12-13H,6-7,10-11H2,1-3H3,(H,18,21)/t12-,13-/m1/s1. The number of carbonyl (C=O) groups is 1. The van der Waals surface area contributed by atoms with Crippen molar-refractivity contribution in [3.63, 3.8) is 0 Å². The van der Waals surface area contributed by atoms with Gasteiger partial charge in [-0.2, -0.15) is 0 Å². The van der Waals surface area contributed by atoms with Crippen LogP contribution in [-0.2, 0) is 4.79 Å². The number of likely N-dealkylation sites (tertiary alicyclic amines) is 1. The van der Waals surface area contributed by atoms with Crippen molar-refractivity contribution in [2.45, 2.75) is 31.8 Å². The molecule has 1 aliphatic rings. The Kier molecular flexibility index (Phi) is 5.62. The summed E-state index contributed by atoms with van der Waals surface area (Å²) in [6.07, 6.45) is 2.33. The molecule has 1 heterocycles. The van der Waals surface area contributed by atoms with Crippen LogP contribution in [0.5, 0.6) is 0 Å². The lowest BCUT2D eigenvalue weighted by Crippen LogP contribution is -2.51. The van der Waals surface area contributed by atoms with Gasteiger partial charge in [-0.05, 0) is 52.5 Å². The summed E-state index contributed by atoms with van der Waals surface area (Å²) in [7, 11) is 4.20. The van der Waals surface area contributed by atoms with Crippen molar-refractivity contribution in [2.24, 2.45) is 0 Å². The molecule has 0 unspecified atom stereocenters. The first-order valence-electron chi connectivity index (χ1n) is 7.45. The molecule has 116 valence electrons. The van der Waals surface area contributed by atoms with Gasteiger partial charge in [0.15, 0.2) is 0 Å². The van der Waals surface area contributed by atoms with Gasteiger partial charge >= 0.3 is 0 Å². The molecule has 1 saturated heterocycles. The lowest BCUT2D eigenvalue weighted by Gasteiger charge is -2.38. The first-order valence-corrected chi connectivity index (χ1v) is 7.82. The van der Waals surface area contributed by atoms with Crippen molar-refractivity contribution in [1.29, 1.82) is 0 Å². The number of nitrogens with one attached hydrogen (secondary N) is 1. The van der Waals surface area contributed by atoms with Gasteiger partial charge in [-0.25, -0.2) is 0 Å². The fourth-order valence-electron chi connectivity index (χ4n) is 2.72. The van der Waals surface area contributed by atoms with E-state index in [0.29, 0.717) is 16.8 Å². The Balaban J connectivity index is 1.97. The zero-order chi connectivity index (χ0) is 15.4. The van der Waals surface area contributed by atoms with E-state index >= 15 is 0 Å². The summed E-state index contributed by atoms with van der Waals surface area (Å²) in [4.78, 5) is 16.9. The lowest BCUT2D eigenvalue weighted by molar-refractivity contribution is -0.121. The number of anilines is 1. The number of hydrogen-bond donors (Lipinski definition) is 1. The van der Waals surface area contributed by atoms with Crippen LogP contribution < -0.4 is 5.32 Å². The van der Waals surface area contributed by atoms with E-state index in [2.05, 4.69) is 29.2 Å². The third-order valence-electron chi connectivity index (χ3n) is 4.22. The predicted molar refractivity (Wildman–Crippen MR) is 87.8 cm³/mol. The van der Waals surface area contributed by atoms with Crippen LogP contribution in [0.2, 0.25) is 5.02 Å². The van der Waals surface area contributed by atoms with E-state index in [9.17, 15) is 4.79 Å². The number of piperidine rings is 1. The smallest absolute Gasteiger partial charge is 0.241 e. The molecule has 1 aliphatic heterocycles. The topological polar surface area (TPSA) is 35.6 Å². The molecule has 0 aromatic heterocycles. The van der Waals surface area contributed by atoms with Crippen molar-refractivity contribution < 1.29 is 4.79 Å². The molecule has 0 radical (unpaired) electrons. The number of benzene rings is 1. The maximum Gasteiger partial charge on any atom is 0.241 e. The molecule has 0 bridgehead atoms. The second-order valence-electron chi connectivity index (χ2n) is 5.90. The SMILES string of the molecule is C[C@H](C(=O)Nc1ccccc1Cl)N1CCC[C@@H](N(C)C)C1. The predicted octanol–water partition coefficient (Wildman–Crippen LogP) is 2.69. The highest BCUT2D eigenvalue weighted by molar-refractivity contribution is 6.33. The van der Waals surface area contributed by atoms with Crippen LogP contribution in [0.1, 0.15) is 19.8 Å². The molecule has 2 atom stereocenters. The summed E-state index contributed by atoms with van der Waals surface area (Å²) in [6, 6.07) is 7.71. The van der Waals surface area contributed by atoms with E-state index in [1.807, 2.05) is 25.1 Å². The average Bonchev–Trinajstić information content (AvgIpc) is 2.49. The number of likely N-dealkylation sites (N-methyl/N-ethyl adjacent to an activating group) is 1. The van der Waals surface area contributed by atoms with Gasteiger partial charge in [0.25, 0.3) is 0 Å². The molecule has 5 heteroatoms. The zero-order valence-electron chi connectivity index (χ0n) is 13.0. The molecule has 0 saturated carbocycles. The third-order valence-corrected chi connectivity index (χ3v) is 4.55. The summed E-state index contributed by atoms with van der Waals surface area (Å²) in [6.45, 7) is 3.87. The van der Waals surface area contributed by atoms with Crippen LogP contribution in [0.3, 0.4) is 0 Å². The summed E-state index contributed by atoms with van der Waals surface area (Å²) in [5, 5.41) is 3.50. The van der Waals surface area contributed by atoms with Crippen LogP contribution in [-0.4, -0.2) is 55.0 Å². The minimum atomic E-state index is -0.149. The summed E-state index contributed by atoms with van der Waals surface area (Å²) in [5.74, 6) is 0.00232. The lowest BCUT2D eigenvalue weighted by atomic mass is 10.0. The summed E-state index contributed by atoms with van der Waals surface area (Å²) in [5.41, 5.74) is 0.678. The molecular weight excluding hydrogens is 286 g/mol. The van der Waals surface area contributed by atoms with Crippen molar-refractivity contribution in [2.75, 3.05) is 32.5 Å². The number of para-hydroxylation sites is 1. The first-order chi connectivity index (χ1) is 9.99. The van der Waals surface area contributed by atoms with Gasteiger partial charge in [0.2, 0.25) is 5.91 Å². The average molecular weight is 310 g/mol. The van der Waals surface area contributed by atoms with Gasteiger partial charge in [-0.1, -0.05) is 23.7 Å². The van der Waals surface area contributed by atoms with E-state index in [-0.39, 0.29) is 11.9 Å². The Bertz CT molecular complexity index is 492. The molecule has 1 fully saturated rings. The Hall–Kier alpha value is -1.10. The Morgan fingerprint density at radius 2 is 2.14 bits per heavy atom. The van der Waals surface area contributed by atoms with Gasteiger partial charge in [0.05, 0.1) is 16.8 Å². The minimum Gasteiger partial charge on any atom is -0.323 e. The summed E-state index contributed by atoms with van der Waals surface area (Å²) < 4.78 is 0. The third kappa shape index (κ3) is 4.19. The normalized spacial score (nSPS) is 21.3. The molecule has 1 N–H and O–H groups in total. The van der Waals surface area contributed by atoms with Gasteiger partial charge in [-0.15, -0.1) is 0 Å². The van der Waals surface area contributed by atoms with E-state index in [1.165, 1.54) is 6.42 Å². The van der Waals surface area contributed by atoms with Crippen molar-refractivity contribution >= 4 is 23.2 Å². The molecular formula is C16H24ClN3O. The number of amides is 1. The van der Waals surface area contributed by atoms with Gasteiger partial charge < -0.3 is 10.2 Å². The second-order valence-corrected chi connectivity index (χ2v) is 6.31. The largest absolute Gasteiger partial charge is 0.323 e. The van der Waals surface area contributed by atoms with Gasteiger partial charge in [0, 0.05) is 12.6 Å². The Morgan fingerprint density at radius 1 is 1.43 bits per heavy atom. The number of rotatable bonds is 4. The molecule has 1 aromatic rings. The fraction of sp³-hybridized carbons (Fsp3) is 0.562. The van der Waals surface area contributed by atoms with Gasteiger partial charge in [0.1, 0.15) is 0 Å². The van der Waals surface area contributed by atoms with Crippen molar-refractivity contribution in [1.82, 2.24) is 9.80 Å². The molecule has 0 aliphatic carbocycles. The first kappa shape index (κ1) is 16.3. The number of hydrogen-bond acceptors (Lipinski definition) is 3. The molecule has 4 nitrogen and oxygen atoms in total. The number of halogens is 1. The van der Waals surface area contributed by atoms with Crippen LogP contribution in [0, 0.1) is 0 Å². The van der Waals surface area contributed by atoms with Crippen LogP contribution in [0.4, 0.5) is 5.69 Å². The van der Waals surface area contributed by atoms with Crippen molar-refractivity contribution in [3.05, 3.63) is 29.3 Å². The van der Waals surface area contributed by atoms with Crippen LogP contribution >= 0.6 is 11.6 Å².